The Bertz CT molecular complexity index is 958. The molecule has 0 saturated carbocycles. The number of methoxy groups -OCH3 is 2. The molecule has 0 spiro atoms. The van der Waals surface area contributed by atoms with Gasteiger partial charge in [0.05, 0.1) is 20.4 Å². The third-order valence-electron chi connectivity index (χ3n) is 4.49. The van der Waals surface area contributed by atoms with Crippen LogP contribution >= 0.6 is 0 Å². The summed E-state index contributed by atoms with van der Waals surface area (Å²) in [4.78, 5) is 3.56. The van der Waals surface area contributed by atoms with Crippen molar-refractivity contribution < 1.29 is 23.7 Å². The molecule has 4 rings (SSSR count). The molecule has 1 aromatic heterocycles. The first-order chi connectivity index (χ1) is 14.2. The molecule has 2 aliphatic rings. The van der Waals surface area contributed by atoms with Gasteiger partial charge in [-0.1, -0.05) is 18.2 Å². The van der Waals surface area contributed by atoms with Gasteiger partial charge in [-0.3, -0.25) is 0 Å². The van der Waals surface area contributed by atoms with Crippen LogP contribution in [0.1, 0.15) is 5.56 Å². The van der Waals surface area contributed by atoms with E-state index in [0.717, 1.165) is 35.8 Å². The van der Waals surface area contributed by atoms with Crippen molar-refractivity contribution >= 4 is 0 Å². The minimum atomic E-state index is -0.523. The van der Waals surface area contributed by atoms with Crippen LogP contribution in [0.4, 0.5) is 0 Å². The van der Waals surface area contributed by atoms with Crippen LogP contribution in [0.25, 0.3) is 0 Å². The van der Waals surface area contributed by atoms with Gasteiger partial charge in [-0.15, -0.1) is 0 Å². The van der Waals surface area contributed by atoms with Crippen molar-refractivity contribution in [3.8, 4) is 17.2 Å². The average molecular weight is 398 g/mol. The summed E-state index contributed by atoms with van der Waals surface area (Å²) in [6, 6.07) is 12.0. The fraction of sp³-hybridized carbons (Fsp3) is 0.318. The highest BCUT2D eigenvalue weighted by Gasteiger charge is 2.10. The lowest BCUT2D eigenvalue weighted by Crippen LogP contribution is -2.32. The highest BCUT2D eigenvalue weighted by Crippen LogP contribution is 2.27. The highest BCUT2D eigenvalue weighted by atomic mass is 16.5. The van der Waals surface area contributed by atoms with E-state index in [1.165, 1.54) is 23.1 Å². The Morgan fingerprint density at radius 3 is 2.48 bits per heavy atom. The summed E-state index contributed by atoms with van der Waals surface area (Å²) in [6.07, 6.45) is 4.80. The molecule has 1 atom stereocenters. The van der Waals surface area contributed by atoms with Crippen molar-refractivity contribution in [1.82, 2.24) is 10.3 Å². The lowest BCUT2D eigenvalue weighted by atomic mass is 10.1. The van der Waals surface area contributed by atoms with Gasteiger partial charge in [-0.25, -0.2) is 4.98 Å². The Hall–Kier alpha value is -3.03. The van der Waals surface area contributed by atoms with E-state index in [2.05, 4.69) is 14.7 Å². The molecule has 0 radical (unpaired) electrons. The molecule has 1 heterocycles. The summed E-state index contributed by atoms with van der Waals surface area (Å²) in [6.45, 7) is 1.58. The molecule has 2 aromatic rings. The third-order valence-corrected chi connectivity index (χ3v) is 4.49. The summed E-state index contributed by atoms with van der Waals surface area (Å²) < 4.78 is 20.6. The number of aliphatic hydroxyl groups is 1. The number of nitrogens with one attached hydrogen (secondary N) is 1. The molecule has 0 fully saturated rings. The predicted molar refractivity (Wildman–Crippen MR) is 108 cm³/mol. The first-order valence-electron chi connectivity index (χ1n) is 9.40. The second kappa shape index (κ2) is 10.5. The van der Waals surface area contributed by atoms with Gasteiger partial charge in [-0.2, -0.15) is 0 Å². The van der Waals surface area contributed by atoms with Gasteiger partial charge in [0.1, 0.15) is 24.7 Å². The average Bonchev–Trinajstić information content (AvgIpc) is 3.32. The summed E-state index contributed by atoms with van der Waals surface area (Å²) >= 11 is 0. The quantitative estimate of drug-likeness (QED) is 0.397. The monoisotopic (exact) mass is 398 g/mol. The Kier molecular flexibility index (Phi) is 7.49. The number of oxazole rings is 1. The van der Waals surface area contributed by atoms with E-state index in [0.29, 0.717) is 13.2 Å². The lowest BCUT2D eigenvalue weighted by molar-refractivity contribution is 0.105. The Balaban J connectivity index is 0.000000419. The van der Waals surface area contributed by atoms with Crippen LogP contribution in [0, 0.1) is 10.4 Å². The molecule has 0 aliphatic heterocycles. The van der Waals surface area contributed by atoms with Crippen molar-refractivity contribution in [3.05, 3.63) is 71.3 Å². The van der Waals surface area contributed by atoms with E-state index in [1.54, 1.807) is 20.4 Å². The molecule has 0 saturated heterocycles. The number of hydrogen-bond donors (Lipinski definition) is 2. The van der Waals surface area contributed by atoms with Gasteiger partial charge in [0, 0.05) is 11.8 Å². The van der Waals surface area contributed by atoms with E-state index >= 15 is 0 Å². The fourth-order valence-electron chi connectivity index (χ4n) is 2.83. The van der Waals surface area contributed by atoms with Gasteiger partial charge in [0.15, 0.2) is 17.9 Å². The minimum Gasteiger partial charge on any atom is -0.493 e. The first-order valence-corrected chi connectivity index (χ1v) is 9.40. The smallest absolute Gasteiger partial charge is 0.180 e. The number of aromatic nitrogens is 1. The molecule has 0 amide bonds. The van der Waals surface area contributed by atoms with Crippen molar-refractivity contribution in [2.45, 2.75) is 12.5 Å². The van der Waals surface area contributed by atoms with E-state index in [1.807, 2.05) is 36.4 Å². The van der Waals surface area contributed by atoms with E-state index < -0.39 is 6.10 Å². The summed E-state index contributed by atoms with van der Waals surface area (Å²) in [7, 11) is 3.26. The molecule has 1 aromatic carbocycles. The molecule has 2 aliphatic carbocycles. The largest absolute Gasteiger partial charge is 0.493 e. The number of ether oxygens (including phenoxy) is 3. The second-order valence-electron chi connectivity index (χ2n) is 6.49. The number of aliphatic hydroxyl groups excluding tert-OH is 1. The number of hydrogen-bond acceptors (Lipinski definition) is 7. The van der Waals surface area contributed by atoms with Crippen molar-refractivity contribution in [2.24, 2.45) is 0 Å². The fourth-order valence-corrected chi connectivity index (χ4v) is 2.83. The van der Waals surface area contributed by atoms with Crippen LogP contribution in [-0.2, 0) is 6.42 Å². The third kappa shape index (κ3) is 5.73. The summed E-state index contributed by atoms with van der Waals surface area (Å²) in [5.74, 6) is 2.35. The molecule has 0 bridgehead atoms. The normalized spacial score (nSPS) is 11.8. The van der Waals surface area contributed by atoms with Gasteiger partial charge >= 0.3 is 0 Å². The van der Waals surface area contributed by atoms with Crippen molar-refractivity contribution in [2.75, 3.05) is 33.9 Å². The molecular formula is C22H26N2O5. The van der Waals surface area contributed by atoms with E-state index in [9.17, 15) is 5.11 Å². The Morgan fingerprint density at radius 2 is 1.93 bits per heavy atom. The van der Waals surface area contributed by atoms with Gasteiger partial charge < -0.3 is 29.1 Å². The zero-order valence-electron chi connectivity index (χ0n) is 16.6. The number of benzene rings is 2. The minimum absolute atomic E-state index is 0.305. The molecule has 7 nitrogen and oxygen atoms in total. The van der Waals surface area contributed by atoms with Gasteiger partial charge in [0.2, 0.25) is 0 Å². The Morgan fingerprint density at radius 1 is 1.07 bits per heavy atom. The van der Waals surface area contributed by atoms with Crippen LogP contribution in [0.3, 0.4) is 0 Å². The van der Waals surface area contributed by atoms with E-state index in [-0.39, 0.29) is 0 Å². The van der Waals surface area contributed by atoms with Crippen molar-refractivity contribution in [3.63, 3.8) is 0 Å². The zero-order chi connectivity index (χ0) is 20.5. The number of nitrogens with zero attached hydrogens (tertiary/aromatic N) is 1. The predicted octanol–water partition coefficient (Wildman–Crippen LogP) is 2.55. The topological polar surface area (TPSA) is 86.0 Å². The van der Waals surface area contributed by atoms with E-state index in [4.69, 9.17) is 14.2 Å². The maximum atomic E-state index is 9.95. The maximum Gasteiger partial charge on any atom is 0.180 e. The van der Waals surface area contributed by atoms with Crippen LogP contribution in [-0.4, -0.2) is 50.1 Å². The maximum absolute atomic E-state index is 9.95. The molecule has 7 heteroatoms. The Labute approximate surface area is 169 Å². The molecule has 154 valence electrons. The molecule has 1 unspecified atom stereocenters. The second-order valence-corrected chi connectivity index (χ2v) is 6.49. The molecule has 29 heavy (non-hydrogen) atoms. The SMILES string of the molecule is COc1ccc(CCNCC(O)COc2cc3ccc2=3)cc1OC.c1cocn1. The van der Waals surface area contributed by atoms with Crippen molar-refractivity contribution in [1.29, 1.82) is 0 Å². The lowest BCUT2D eigenvalue weighted by Gasteiger charge is -2.16. The number of rotatable bonds is 10. The summed E-state index contributed by atoms with van der Waals surface area (Å²) in [5, 5.41) is 15.6. The van der Waals surface area contributed by atoms with Crippen LogP contribution < -0.4 is 19.5 Å². The van der Waals surface area contributed by atoms with Crippen LogP contribution in [0.5, 0.6) is 17.2 Å². The highest BCUT2D eigenvalue weighted by molar-refractivity contribution is 5.43. The first kappa shape index (κ1) is 20.7. The molecule has 2 N–H and O–H groups in total. The standard InChI is InChI=1S/C19H23NO4.C3H3NO/c1-22-17-6-3-13(9-19(17)23-2)7-8-20-11-15(21)12-24-18-10-14-4-5-16(14)18;1-2-5-3-4-1/h3-6,9-10,15,20-21H,7-8,11-12H2,1-2H3;1-3H. The van der Waals surface area contributed by atoms with Crippen LogP contribution in [0.15, 0.2) is 59.7 Å². The summed E-state index contributed by atoms with van der Waals surface area (Å²) in [5.41, 5.74) is 1.15. The zero-order valence-corrected chi connectivity index (χ0v) is 16.6. The van der Waals surface area contributed by atoms with Gasteiger partial charge in [0.25, 0.3) is 0 Å². The van der Waals surface area contributed by atoms with Gasteiger partial charge in [-0.05, 0) is 41.9 Å². The molecular weight excluding hydrogens is 372 g/mol. The van der Waals surface area contributed by atoms with Crippen LogP contribution in [0.2, 0.25) is 0 Å².